The van der Waals surface area contributed by atoms with Crippen LogP contribution in [0.2, 0.25) is 0 Å². The fraction of sp³-hybridized carbons (Fsp3) is 0.125. The van der Waals surface area contributed by atoms with Gasteiger partial charge in [0.15, 0.2) is 0 Å². The van der Waals surface area contributed by atoms with Gasteiger partial charge >= 0.3 is 0 Å². The molecule has 2 aromatic rings. The van der Waals surface area contributed by atoms with Crippen LogP contribution in [0.3, 0.4) is 0 Å². The van der Waals surface area contributed by atoms with Crippen molar-refractivity contribution in [1.82, 2.24) is 15.8 Å². The van der Waals surface area contributed by atoms with E-state index in [0.29, 0.717) is 5.56 Å². The molecule has 1 atom stereocenters. The van der Waals surface area contributed by atoms with Crippen molar-refractivity contribution in [2.45, 2.75) is 12.5 Å². The van der Waals surface area contributed by atoms with Crippen LogP contribution in [-0.4, -0.2) is 33.7 Å². The summed E-state index contributed by atoms with van der Waals surface area (Å²) in [5, 5.41) is 10.9. The minimum atomic E-state index is -0.965. The highest BCUT2D eigenvalue weighted by Crippen LogP contribution is 2.26. The smallest absolute Gasteiger partial charge is 0.271 e. The Morgan fingerprint density at radius 1 is 1.23 bits per heavy atom. The Morgan fingerprint density at radius 2 is 1.96 bits per heavy atom. The maximum Gasteiger partial charge on any atom is 0.271 e. The molecule has 10 nitrogen and oxygen atoms in total. The van der Waals surface area contributed by atoms with Gasteiger partial charge in [-0.15, -0.1) is 0 Å². The van der Waals surface area contributed by atoms with Gasteiger partial charge in [-0.2, -0.15) is 0 Å². The Hall–Kier alpha value is -3.66. The van der Waals surface area contributed by atoms with Crippen LogP contribution in [0, 0.1) is 10.1 Å². The van der Waals surface area contributed by atoms with Crippen LogP contribution >= 0.6 is 0 Å². The number of carbonyl (C=O) groups is 3. The largest absolute Gasteiger partial charge is 0.287 e. The van der Waals surface area contributed by atoms with Gasteiger partial charge in [-0.1, -0.05) is 6.07 Å². The maximum absolute atomic E-state index is 12.5. The van der Waals surface area contributed by atoms with E-state index in [1.165, 1.54) is 42.7 Å². The van der Waals surface area contributed by atoms with Crippen molar-refractivity contribution in [2.75, 3.05) is 4.90 Å². The normalized spacial score (nSPS) is 16.6. The number of hydrazine groups is 1. The molecular formula is C16H13N5O5. The summed E-state index contributed by atoms with van der Waals surface area (Å²) in [6, 6.07) is 7.25. The number of imide groups is 1. The van der Waals surface area contributed by atoms with Crippen molar-refractivity contribution in [2.24, 2.45) is 0 Å². The van der Waals surface area contributed by atoms with E-state index < -0.39 is 28.7 Å². The predicted molar refractivity (Wildman–Crippen MR) is 88.8 cm³/mol. The topological polar surface area (TPSA) is 135 Å². The highest BCUT2D eigenvalue weighted by atomic mass is 16.6. The second-order valence-corrected chi connectivity index (χ2v) is 5.44. The number of rotatable bonds is 5. The number of nitro groups is 1. The third-order valence-electron chi connectivity index (χ3n) is 3.75. The third kappa shape index (κ3) is 3.39. The van der Waals surface area contributed by atoms with Gasteiger partial charge in [-0.25, -0.2) is 10.3 Å². The number of pyridine rings is 1. The molecule has 10 heteroatoms. The lowest BCUT2D eigenvalue weighted by molar-refractivity contribution is -0.384. The predicted octanol–water partition coefficient (Wildman–Crippen LogP) is 0.556. The van der Waals surface area contributed by atoms with E-state index in [2.05, 4.69) is 15.8 Å². The quantitative estimate of drug-likeness (QED) is 0.454. The van der Waals surface area contributed by atoms with Crippen molar-refractivity contribution in [3.63, 3.8) is 0 Å². The van der Waals surface area contributed by atoms with E-state index in [1.807, 2.05) is 0 Å². The molecule has 3 amide bonds. The van der Waals surface area contributed by atoms with Crippen molar-refractivity contribution in [3.8, 4) is 0 Å². The first kappa shape index (κ1) is 17.2. The first-order chi connectivity index (χ1) is 12.5. The van der Waals surface area contributed by atoms with E-state index >= 15 is 0 Å². The standard InChI is InChI=1S/C16H13N5O5/c22-14-9-13(18-19-15(23)10-4-6-17-7-5-10)16(24)20(14)11-2-1-3-12(8-11)21(25)26/h1-8,13,18H,9H2,(H,19,23)/t13-/m0/s1. The van der Waals surface area contributed by atoms with E-state index in [-0.39, 0.29) is 17.8 Å². The zero-order chi connectivity index (χ0) is 18.7. The minimum absolute atomic E-state index is 0.110. The summed E-state index contributed by atoms with van der Waals surface area (Å²) in [4.78, 5) is 51.5. The Balaban J connectivity index is 1.70. The van der Waals surface area contributed by atoms with E-state index in [9.17, 15) is 24.5 Å². The molecule has 1 aromatic heterocycles. The number of anilines is 1. The van der Waals surface area contributed by atoms with Crippen LogP contribution in [0.4, 0.5) is 11.4 Å². The fourth-order valence-corrected chi connectivity index (χ4v) is 2.49. The first-order valence-electron chi connectivity index (χ1n) is 7.54. The highest BCUT2D eigenvalue weighted by Gasteiger charge is 2.40. The summed E-state index contributed by atoms with van der Waals surface area (Å²) in [6.07, 6.45) is 2.71. The minimum Gasteiger partial charge on any atom is -0.287 e. The van der Waals surface area contributed by atoms with Crippen molar-refractivity contribution in [1.29, 1.82) is 0 Å². The molecule has 0 radical (unpaired) electrons. The molecule has 0 spiro atoms. The van der Waals surface area contributed by atoms with Crippen molar-refractivity contribution >= 4 is 29.1 Å². The summed E-state index contributed by atoms with van der Waals surface area (Å²) in [5.74, 6) is -1.61. The molecule has 3 rings (SSSR count). The molecule has 1 aromatic carbocycles. The summed E-state index contributed by atoms with van der Waals surface area (Å²) in [7, 11) is 0. The van der Waals surface area contributed by atoms with Crippen LogP contribution < -0.4 is 15.8 Å². The van der Waals surface area contributed by atoms with E-state index in [1.54, 1.807) is 0 Å². The number of hydrogen-bond donors (Lipinski definition) is 2. The van der Waals surface area contributed by atoms with Gasteiger partial charge in [0, 0.05) is 30.1 Å². The molecule has 1 saturated heterocycles. The zero-order valence-electron chi connectivity index (χ0n) is 13.3. The Kier molecular flexibility index (Phi) is 4.67. The van der Waals surface area contributed by atoms with Gasteiger partial charge in [0.25, 0.3) is 17.5 Å². The molecule has 0 unspecified atom stereocenters. The number of amides is 3. The summed E-state index contributed by atoms with van der Waals surface area (Å²) < 4.78 is 0. The number of non-ortho nitro benzene ring substituents is 1. The number of benzene rings is 1. The third-order valence-corrected chi connectivity index (χ3v) is 3.75. The van der Waals surface area contributed by atoms with Gasteiger partial charge < -0.3 is 0 Å². The Labute approximate surface area is 146 Å². The average molecular weight is 355 g/mol. The number of aromatic nitrogens is 1. The second kappa shape index (κ2) is 7.07. The van der Waals surface area contributed by atoms with Gasteiger partial charge in [0.05, 0.1) is 17.0 Å². The van der Waals surface area contributed by atoms with Crippen LogP contribution in [0.5, 0.6) is 0 Å². The van der Waals surface area contributed by atoms with Crippen LogP contribution in [0.25, 0.3) is 0 Å². The van der Waals surface area contributed by atoms with Gasteiger partial charge in [0.2, 0.25) is 5.91 Å². The van der Waals surface area contributed by atoms with Crippen LogP contribution in [0.15, 0.2) is 48.8 Å². The number of hydrogen-bond acceptors (Lipinski definition) is 7. The molecule has 132 valence electrons. The summed E-state index contributed by atoms with van der Waals surface area (Å²) in [5.41, 5.74) is 5.11. The second-order valence-electron chi connectivity index (χ2n) is 5.44. The van der Waals surface area contributed by atoms with E-state index in [0.717, 1.165) is 11.0 Å². The lowest BCUT2D eigenvalue weighted by Gasteiger charge is -2.15. The number of nitrogens with zero attached hydrogens (tertiary/aromatic N) is 3. The molecule has 0 saturated carbocycles. The van der Waals surface area contributed by atoms with Gasteiger partial charge in [-0.05, 0) is 18.2 Å². The monoisotopic (exact) mass is 355 g/mol. The zero-order valence-corrected chi connectivity index (χ0v) is 13.3. The molecule has 2 N–H and O–H groups in total. The molecular weight excluding hydrogens is 342 g/mol. The van der Waals surface area contributed by atoms with Gasteiger partial charge in [-0.3, -0.25) is 34.9 Å². The lowest BCUT2D eigenvalue weighted by Crippen LogP contribution is -2.48. The Morgan fingerprint density at radius 3 is 2.65 bits per heavy atom. The molecule has 0 bridgehead atoms. The van der Waals surface area contributed by atoms with Crippen molar-refractivity contribution in [3.05, 3.63) is 64.5 Å². The molecule has 1 aliphatic rings. The summed E-state index contributed by atoms with van der Waals surface area (Å²) >= 11 is 0. The fourth-order valence-electron chi connectivity index (χ4n) is 2.49. The highest BCUT2D eigenvalue weighted by molar-refractivity contribution is 6.22. The number of carbonyl (C=O) groups excluding carboxylic acids is 3. The van der Waals surface area contributed by atoms with Crippen LogP contribution in [0.1, 0.15) is 16.8 Å². The van der Waals surface area contributed by atoms with Crippen LogP contribution in [-0.2, 0) is 9.59 Å². The summed E-state index contributed by atoms with van der Waals surface area (Å²) in [6.45, 7) is 0. The number of nitrogens with one attached hydrogen (secondary N) is 2. The van der Waals surface area contributed by atoms with Gasteiger partial charge in [0.1, 0.15) is 6.04 Å². The lowest BCUT2D eigenvalue weighted by atomic mass is 10.2. The molecule has 2 heterocycles. The molecule has 0 aliphatic carbocycles. The van der Waals surface area contributed by atoms with E-state index in [4.69, 9.17) is 0 Å². The molecule has 26 heavy (non-hydrogen) atoms. The maximum atomic E-state index is 12.5. The first-order valence-corrected chi connectivity index (χ1v) is 7.54. The SMILES string of the molecule is O=C(NN[C@H]1CC(=O)N(c2cccc([N+](=O)[O-])c2)C1=O)c1ccncc1. The van der Waals surface area contributed by atoms with Crippen molar-refractivity contribution < 1.29 is 19.3 Å². The molecule has 1 aliphatic heterocycles. The average Bonchev–Trinajstić information content (AvgIpc) is 2.94. The molecule has 1 fully saturated rings. The Bertz CT molecular complexity index is 886. The number of nitro benzene ring substituents is 1.